The van der Waals surface area contributed by atoms with Gasteiger partial charge in [0.05, 0.1) is 16.9 Å². The van der Waals surface area contributed by atoms with Crippen molar-refractivity contribution in [1.29, 1.82) is 0 Å². The summed E-state index contributed by atoms with van der Waals surface area (Å²) in [6.07, 6.45) is 5.67. The van der Waals surface area contributed by atoms with E-state index < -0.39 is 0 Å². The van der Waals surface area contributed by atoms with Crippen LogP contribution in [0.15, 0.2) is 212 Å². The number of nitrogens with zero attached hydrogens (tertiary/aromatic N) is 3. The number of fused-ring (bicyclic) bond motifs is 8. The van der Waals surface area contributed by atoms with E-state index in [1.165, 1.54) is 153 Å². The molecule has 15 rings (SSSR count). The van der Waals surface area contributed by atoms with E-state index in [9.17, 15) is 0 Å². The zero-order valence-corrected chi connectivity index (χ0v) is 56.7. The second-order valence-corrected chi connectivity index (χ2v) is 32.4. The Kier molecular flexibility index (Phi) is 13.3. The summed E-state index contributed by atoms with van der Waals surface area (Å²) in [6, 6.07) is 83.4. The van der Waals surface area contributed by atoms with Crippen molar-refractivity contribution >= 4 is 68.6 Å². The highest BCUT2D eigenvalue weighted by molar-refractivity contribution is 7.00. The molecule has 1 fully saturated rings. The predicted octanol–water partition coefficient (Wildman–Crippen LogP) is 22.0. The number of anilines is 8. The summed E-state index contributed by atoms with van der Waals surface area (Å²) in [7, 11) is 0. The zero-order chi connectivity index (χ0) is 63.5. The maximum absolute atomic E-state index is 2.86. The number of hydrogen-bond donors (Lipinski definition) is 0. The van der Waals surface area contributed by atoms with Crippen LogP contribution in [0.1, 0.15) is 169 Å². The van der Waals surface area contributed by atoms with Crippen molar-refractivity contribution in [3.05, 3.63) is 246 Å². The summed E-state index contributed by atoms with van der Waals surface area (Å²) in [5.74, 6) is 0. The fourth-order valence-corrected chi connectivity index (χ4v) is 17.5. The fourth-order valence-electron chi connectivity index (χ4n) is 17.5. The molecule has 0 aromatic heterocycles. The van der Waals surface area contributed by atoms with E-state index in [0.29, 0.717) is 0 Å². The first-order valence-electron chi connectivity index (χ1n) is 33.9. The van der Waals surface area contributed by atoms with Gasteiger partial charge in [-0.2, -0.15) is 0 Å². The van der Waals surface area contributed by atoms with Gasteiger partial charge in [-0.3, -0.25) is 0 Å². The second kappa shape index (κ2) is 20.6. The van der Waals surface area contributed by atoms with Crippen LogP contribution < -0.4 is 31.1 Å². The molecule has 456 valence electrons. The van der Waals surface area contributed by atoms with Gasteiger partial charge >= 0.3 is 0 Å². The topological polar surface area (TPSA) is 9.72 Å². The second-order valence-electron chi connectivity index (χ2n) is 32.4. The molecule has 10 aromatic rings. The Morgan fingerprint density at radius 2 is 0.769 bits per heavy atom. The summed E-state index contributed by atoms with van der Waals surface area (Å²) in [5, 5.41) is 0. The molecule has 2 unspecified atom stereocenters. The molecular formula is C87H90BN3. The molecule has 10 aromatic carbocycles. The molecule has 1 saturated carbocycles. The van der Waals surface area contributed by atoms with E-state index >= 15 is 0 Å². The van der Waals surface area contributed by atoms with Gasteiger partial charge in [-0.1, -0.05) is 261 Å². The molecule has 91 heavy (non-hydrogen) atoms. The quantitative estimate of drug-likeness (QED) is 0.147. The van der Waals surface area contributed by atoms with Crippen LogP contribution in [0, 0.1) is 0 Å². The smallest absolute Gasteiger partial charge is 0.252 e. The molecule has 2 aliphatic carbocycles. The highest BCUT2D eigenvalue weighted by Gasteiger charge is 2.58. The lowest BCUT2D eigenvalue weighted by molar-refractivity contribution is 0.195. The maximum Gasteiger partial charge on any atom is 0.252 e. The van der Waals surface area contributed by atoms with E-state index in [1.54, 1.807) is 0 Å². The molecule has 3 aliphatic heterocycles. The van der Waals surface area contributed by atoms with Crippen LogP contribution in [-0.2, 0) is 32.5 Å². The van der Waals surface area contributed by atoms with Crippen molar-refractivity contribution in [2.75, 3.05) is 14.7 Å². The largest absolute Gasteiger partial charge is 0.334 e. The maximum atomic E-state index is 2.86. The Bertz CT molecular complexity index is 4530. The Labute approximate surface area is 544 Å². The van der Waals surface area contributed by atoms with Crippen LogP contribution >= 0.6 is 0 Å². The highest BCUT2D eigenvalue weighted by Crippen LogP contribution is 2.63. The van der Waals surface area contributed by atoms with E-state index in [0.717, 1.165) is 19.3 Å². The lowest BCUT2D eigenvalue weighted by Crippen LogP contribution is -2.62. The van der Waals surface area contributed by atoms with E-state index in [1.807, 2.05) is 0 Å². The molecule has 0 amide bonds. The number of rotatable bonds is 7. The van der Waals surface area contributed by atoms with E-state index in [-0.39, 0.29) is 44.7 Å². The van der Waals surface area contributed by atoms with Crippen molar-refractivity contribution in [2.24, 2.45) is 0 Å². The number of benzene rings is 10. The molecule has 0 bridgehead atoms. The van der Waals surface area contributed by atoms with Gasteiger partial charge in [0.25, 0.3) is 6.71 Å². The number of hydrogen-bond acceptors (Lipinski definition) is 3. The van der Waals surface area contributed by atoms with E-state index in [4.69, 9.17) is 0 Å². The molecule has 0 spiro atoms. The van der Waals surface area contributed by atoms with Crippen molar-refractivity contribution in [1.82, 2.24) is 0 Å². The highest BCUT2D eigenvalue weighted by atomic mass is 15.3. The lowest BCUT2D eigenvalue weighted by atomic mass is 9.33. The standard InChI is InChI=1S/C87H90BN3/c1-81(2,3)62-37-33-57(34-38-62)60-35-41-75-70(47-60)86(14)45-25-26-46-87(86,15)91(75)65-51-78-80-79(52-65)90(74-44-40-64(83(7,8)9)50-67(74)59-31-23-18-24-32-59)77-54-69-68(84(10,11)55-85(69,12)13)53-72(77)88(80)71-48-61(56-27-19-16-20-28-56)36-42-76(71)89(78)73-43-39-63(82(4,5)6)49-66(73)58-29-21-17-22-30-58/h16-24,27-44,47-54H,25-26,45-46,55H2,1-15H3. The minimum atomic E-state index is -0.244. The van der Waals surface area contributed by atoms with Crippen LogP contribution in [0.2, 0.25) is 0 Å². The molecule has 3 nitrogen and oxygen atoms in total. The van der Waals surface area contributed by atoms with Gasteiger partial charge < -0.3 is 14.7 Å². The van der Waals surface area contributed by atoms with Crippen molar-refractivity contribution in [3.8, 4) is 44.5 Å². The molecule has 2 atom stereocenters. The Morgan fingerprint density at radius 3 is 1.31 bits per heavy atom. The van der Waals surface area contributed by atoms with Crippen molar-refractivity contribution in [3.63, 3.8) is 0 Å². The van der Waals surface area contributed by atoms with Gasteiger partial charge in [0, 0.05) is 50.7 Å². The van der Waals surface area contributed by atoms with Gasteiger partial charge in [-0.25, -0.2) is 0 Å². The lowest BCUT2D eigenvalue weighted by Gasteiger charge is -2.51. The monoisotopic (exact) mass is 1190 g/mol. The minimum Gasteiger partial charge on any atom is -0.334 e. The Balaban J connectivity index is 1.09. The van der Waals surface area contributed by atoms with Gasteiger partial charge in [-0.05, 0) is 197 Å². The average Bonchev–Trinajstić information content (AvgIpc) is 1.68. The van der Waals surface area contributed by atoms with Crippen molar-refractivity contribution < 1.29 is 0 Å². The van der Waals surface area contributed by atoms with Gasteiger partial charge in [0.2, 0.25) is 0 Å². The summed E-state index contributed by atoms with van der Waals surface area (Å²) >= 11 is 0. The zero-order valence-electron chi connectivity index (χ0n) is 56.7. The third-order valence-electron chi connectivity index (χ3n) is 22.5. The van der Waals surface area contributed by atoms with Crippen LogP contribution in [0.3, 0.4) is 0 Å². The summed E-state index contributed by atoms with van der Waals surface area (Å²) in [4.78, 5) is 8.33. The van der Waals surface area contributed by atoms with Crippen molar-refractivity contribution in [2.45, 2.75) is 174 Å². The van der Waals surface area contributed by atoms with Gasteiger partial charge in [-0.15, -0.1) is 0 Å². The van der Waals surface area contributed by atoms with E-state index in [2.05, 4.69) is 331 Å². The molecule has 0 radical (unpaired) electrons. The van der Waals surface area contributed by atoms with Crippen LogP contribution in [0.4, 0.5) is 45.5 Å². The normalized spacial score (nSPS) is 19.3. The Hall–Kier alpha value is -8.34. The molecule has 0 saturated heterocycles. The first-order valence-corrected chi connectivity index (χ1v) is 33.9. The molecule has 5 aliphatic rings. The minimum absolute atomic E-state index is 0.0367. The van der Waals surface area contributed by atoms with Crippen LogP contribution in [0.25, 0.3) is 44.5 Å². The predicted molar refractivity (Wildman–Crippen MR) is 392 cm³/mol. The SMILES string of the molecule is CC(C)(C)c1ccc(-c2ccc3c(c2)C2(C)CCCCC2(C)N3c2cc3c4c(c2)N(c2ccc(C(C)(C)C)cc2-c2ccccc2)c2cc5c(cc2B4c2cc(-c4ccccc4)ccc2N3c2ccc(C(C)(C)C)cc2-c2ccccc2)C(C)(C)CC5(C)C)cc1. The third-order valence-corrected chi connectivity index (χ3v) is 22.5. The third kappa shape index (κ3) is 9.33. The van der Waals surface area contributed by atoms with Gasteiger partial charge in [0.1, 0.15) is 0 Å². The summed E-state index contributed by atoms with van der Waals surface area (Å²) in [6.45, 7) is 36.2. The summed E-state index contributed by atoms with van der Waals surface area (Å²) in [5.41, 5.74) is 31.7. The van der Waals surface area contributed by atoms with Gasteiger partial charge in [0.15, 0.2) is 0 Å². The van der Waals surface area contributed by atoms with Crippen LogP contribution in [0.5, 0.6) is 0 Å². The van der Waals surface area contributed by atoms with Crippen LogP contribution in [-0.4, -0.2) is 12.3 Å². The Morgan fingerprint density at radius 1 is 0.341 bits per heavy atom. The first kappa shape index (κ1) is 59.0. The first-order chi connectivity index (χ1) is 43.2. The molecular weight excluding hydrogens is 1100 g/mol. The fraction of sp³-hybridized carbons (Fsp3) is 0.310. The summed E-state index contributed by atoms with van der Waals surface area (Å²) < 4.78 is 0. The molecule has 4 heteroatoms. The average molecular weight is 1190 g/mol. The molecule has 3 heterocycles. The molecule has 0 N–H and O–H groups in total.